The Balaban J connectivity index is 1.68. The number of aryl methyl sites for hydroxylation is 1. The number of carbonyl (C=O) groups is 2. The molecule has 0 bridgehead atoms. The SMILES string of the molecule is Cc1cc(Cl)ccc1OCC(=O)OCC(=O)NCc1ccc(Cl)cc1. The van der Waals surface area contributed by atoms with Gasteiger partial charge in [-0.3, -0.25) is 4.79 Å². The average Bonchev–Trinajstić information content (AvgIpc) is 2.58. The number of halogens is 2. The van der Waals surface area contributed by atoms with Crippen LogP contribution in [-0.4, -0.2) is 25.1 Å². The summed E-state index contributed by atoms with van der Waals surface area (Å²) < 4.78 is 10.2. The van der Waals surface area contributed by atoms with Crippen molar-refractivity contribution in [3.8, 4) is 5.75 Å². The molecule has 25 heavy (non-hydrogen) atoms. The lowest BCUT2D eigenvalue weighted by Gasteiger charge is -2.10. The summed E-state index contributed by atoms with van der Waals surface area (Å²) in [5, 5.41) is 3.86. The predicted molar refractivity (Wildman–Crippen MR) is 95.9 cm³/mol. The van der Waals surface area contributed by atoms with Gasteiger partial charge in [0.2, 0.25) is 0 Å². The number of esters is 1. The van der Waals surface area contributed by atoms with Gasteiger partial charge in [0, 0.05) is 16.6 Å². The van der Waals surface area contributed by atoms with E-state index in [1.807, 2.05) is 6.92 Å². The van der Waals surface area contributed by atoms with Gasteiger partial charge in [-0.05, 0) is 48.4 Å². The Morgan fingerprint density at radius 2 is 1.68 bits per heavy atom. The Labute approximate surface area is 155 Å². The van der Waals surface area contributed by atoms with Crippen LogP contribution in [0.4, 0.5) is 0 Å². The standard InChI is InChI=1S/C18H17Cl2NO4/c1-12-8-15(20)6-7-16(12)24-11-18(23)25-10-17(22)21-9-13-2-4-14(19)5-3-13/h2-8H,9-11H2,1H3,(H,21,22). The molecule has 2 aromatic carbocycles. The third kappa shape index (κ3) is 6.64. The summed E-state index contributed by atoms with van der Waals surface area (Å²) in [6, 6.07) is 12.1. The van der Waals surface area contributed by atoms with Gasteiger partial charge in [-0.2, -0.15) is 0 Å². The van der Waals surface area contributed by atoms with Crippen molar-refractivity contribution in [1.82, 2.24) is 5.32 Å². The van der Waals surface area contributed by atoms with Gasteiger partial charge >= 0.3 is 5.97 Å². The van der Waals surface area contributed by atoms with Crippen LogP contribution < -0.4 is 10.1 Å². The van der Waals surface area contributed by atoms with Gasteiger partial charge in [0.15, 0.2) is 13.2 Å². The largest absolute Gasteiger partial charge is 0.482 e. The summed E-state index contributed by atoms with van der Waals surface area (Å²) >= 11 is 11.6. The summed E-state index contributed by atoms with van der Waals surface area (Å²) in [4.78, 5) is 23.3. The fourth-order valence-electron chi connectivity index (χ4n) is 1.95. The van der Waals surface area contributed by atoms with Crippen LogP contribution in [0.1, 0.15) is 11.1 Å². The highest BCUT2D eigenvalue weighted by molar-refractivity contribution is 6.30. The van der Waals surface area contributed by atoms with Crippen molar-refractivity contribution in [3.05, 3.63) is 63.6 Å². The molecule has 1 amide bonds. The van der Waals surface area contributed by atoms with Crippen LogP contribution in [0, 0.1) is 6.92 Å². The number of carbonyl (C=O) groups excluding carboxylic acids is 2. The molecule has 2 rings (SSSR count). The molecule has 5 nitrogen and oxygen atoms in total. The lowest BCUT2D eigenvalue weighted by molar-refractivity contribution is -0.150. The van der Waals surface area contributed by atoms with Crippen molar-refractivity contribution in [2.75, 3.05) is 13.2 Å². The Bertz CT molecular complexity index is 747. The summed E-state index contributed by atoms with van der Waals surface area (Å²) in [6.45, 7) is 1.49. The number of amides is 1. The monoisotopic (exact) mass is 381 g/mol. The van der Waals surface area contributed by atoms with E-state index in [2.05, 4.69) is 5.32 Å². The molecule has 0 aliphatic heterocycles. The average molecular weight is 382 g/mol. The zero-order chi connectivity index (χ0) is 18.2. The van der Waals surface area contributed by atoms with Crippen LogP contribution in [0.5, 0.6) is 5.75 Å². The van der Waals surface area contributed by atoms with E-state index in [0.717, 1.165) is 11.1 Å². The molecule has 0 heterocycles. The minimum atomic E-state index is -0.629. The first-order valence-electron chi connectivity index (χ1n) is 7.50. The first-order valence-corrected chi connectivity index (χ1v) is 8.25. The van der Waals surface area contributed by atoms with Crippen LogP contribution in [-0.2, 0) is 20.9 Å². The summed E-state index contributed by atoms with van der Waals surface area (Å²) in [6.07, 6.45) is 0. The topological polar surface area (TPSA) is 64.6 Å². The fraction of sp³-hybridized carbons (Fsp3) is 0.222. The van der Waals surface area contributed by atoms with Gasteiger partial charge in [-0.25, -0.2) is 4.79 Å². The van der Waals surface area contributed by atoms with Gasteiger partial charge in [0.05, 0.1) is 0 Å². The van der Waals surface area contributed by atoms with Crippen LogP contribution in [0.15, 0.2) is 42.5 Å². The highest BCUT2D eigenvalue weighted by atomic mass is 35.5. The van der Waals surface area contributed by atoms with Crippen molar-refractivity contribution in [1.29, 1.82) is 0 Å². The van der Waals surface area contributed by atoms with Crippen LogP contribution >= 0.6 is 23.2 Å². The molecule has 0 spiro atoms. The molecule has 1 N–H and O–H groups in total. The molecular weight excluding hydrogens is 365 g/mol. The van der Waals surface area contributed by atoms with Crippen LogP contribution in [0.3, 0.4) is 0 Å². The van der Waals surface area contributed by atoms with E-state index in [0.29, 0.717) is 22.3 Å². The third-order valence-electron chi connectivity index (χ3n) is 3.25. The molecule has 0 atom stereocenters. The van der Waals surface area contributed by atoms with Gasteiger partial charge in [0.1, 0.15) is 5.75 Å². The fourth-order valence-corrected chi connectivity index (χ4v) is 2.31. The van der Waals surface area contributed by atoms with Gasteiger partial charge in [-0.1, -0.05) is 35.3 Å². The van der Waals surface area contributed by atoms with Gasteiger partial charge < -0.3 is 14.8 Å². The molecule has 0 radical (unpaired) electrons. The zero-order valence-electron chi connectivity index (χ0n) is 13.6. The molecular formula is C18H17Cl2NO4. The van der Waals surface area contributed by atoms with Crippen LogP contribution in [0.2, 0.25) is 10.0 Å². The first kappa shape index (κ1) is 19.1. The predicted octanol–water partition coefficient (Wildman–Crippen LogP) is 3.54. The summed E-state index contributed by atoms with van der Waals surface area (Å²) in [7, 11) is 0. The highest BCUT2D eigenvalue weighted by Crippen LogP contribution is 2.21. The molecule has 0 unspecified atom stereocenters. The number of ether oxygens (including phenoxy) is 2. The van der Waals surface area contributed by atoms with E-state index in [-0.39, 0.29) is 13.2 Å². The van der Waals surface area contributed by atoms with E-state index in [1.165, 1.54) is 0 Å². The van der Waals surface area contributed by atoms with E-state index in [4.69, 9.17) is 32.7 Å². The van der Waals surface area contributed by atoms with Crippen LogP contribution in [0.25, 0.3) is 0 Å². The Kier molecular flexibility index (Phi) is 7.10. The molecule has 0 fully saturated rings. The number of nitrogens with one attached hydrogen (secondary N) is 1. The minimum Gasteiger partial charge on any atom is -0.482 e. The lowest BCUT2D eigenvalue weighted by Crippen LogP contribution is -2.29. The first-order chi connectivity index (χ1) is 11.9. The van der Waals surface area contributed by atoms with Crippen molar-refractivity contribution in [2.24, 2.45) is 0 Å². The quantitative estimate of drug-likeness (QED) is 0.744. The number of hydrogen-bond acceptors (Lipinski definition) is 4. The maximum atomic E-state index is 11.7. The molecule has 7 heteroatoms. The zero-order valence-corrected chi connectivity index (χ0v) is 15.1. The smallest absolute Gasteiger partial charge is 0.344 e. The Morgan fingerprint density at radius 3 is 2.36 bits per heavy atom. The van der Waals surface area contributed by atoms with E-state index >= 15 is 0 Å². The van der Waals surface area contributed by atoms with E-state index in [1.54, 1.807) is 42.5 Å². The Hall–Kier alpha value is -2.24. The molecule has 0 aromatic heterocycles. The maximum absolute atomic E-state index is 11.7. The normalized spacial score (nSPS) is 10.2. The van der Waals surface area contributed by atoms with E-state index < -0.39 is 11.9 Å². The summed E-state index contributed by atoms with van der Waals surface area (Å²) in [5.74, 6) is -0.490. The molecule has 0 aliphatic rings. The molecule has 0 aliphatic carbocycles. The molecule has 132 valence electrons. The van der Waals surface area contributed by atoms with Crippen molar-refractivity contribution < 1.29 is 19.1 Å². The van der Waals surface area contributed by atoms with Gasteiger partial charge in [0.25, 0.3) is 5.91 Å². The third-order valence-corrected chi connectivity index (χ3v) is 3.74. The summed E-state index contributed by atoms with van der Waals surface area (Å²) in [5.41, 5.74) is 1.70. The van der Waals surface area contributed by atoms with Crippen molar-refractivity contribution in [2.45, 2.75) is 13.5 Å². The van der Waals surface area contributed by atoms with E-state index in [9.17, 15) is 9.59 Å². The number of hydrogen-bond donors (Lipinski definition) is 1. The van der Waals surface area contributed by atoms with Gasteiger partial charge in [-0.15, -0.1) is 0 Å². The van der Waals surface area contributed by atoms with Crippen molar-refractivity contribution in [3.63, 3.8) is 0 Å². The molecule has 0 saturated carbocycles. The lowest BCUT2D eigenvalue weighted by atomic mass is 10.2. The minimum absolute atomic E-state index is 0.285. The van der Waals surface area contributed by atoms with Crippen molar-refractivity contribution >= 4 is 35.1 Å². The number of rotatable bonds is 7. The second-order valence-electron chi connectivity index (χ2n) is 5.26. The Morgan fingerprint density at radius 1 is 1.00 bits per heavy atom. The molecule has 2 aromatic rings. The second kappa shape index (κ2) is 9.30. The number of benzene rings is 2. The molecule has 0 saturated heterocycles. The highest BCUT2D eigenvalue weighted by Gasteiger charge is 2.09. The maximum Gasteiger partial charge on any atom is 0.344 e. The second-order valence-corrected chi connectivity index (χ2v) is 6.14.